The third-order valence-corrected chi connectivity index (χ3v) is 14.9. The van der Waals surface area contributed by atoms with Gasteiger partial charge in [0.25, 0.3) is 0 Å². The average molecular weight is 837 g/mol. The molecule has 0 aromatic carbocycles. The van der Waals surface area contributed by atoms with Crippen molar-refractivity contribution in [3.05, 3.63) is 0 Å². The first kappa shape index (κ1) is 55.1. The van der Waals surface area contributed by atoms with Gasteiger partial charge in [0.15, 0.2) is 0 Å². The standard InChI is InChI=1S/C50H101Cl3Si/c1-2-3-4-5-6-7-8-9-10-11-12-13-14-15-16-17-18-19-20-21-22-23-24-25-26-27-28-29-30-31-32-33-34-35-36-37-38-39-40-41-42-43-44-45-46-47-48-49-50-54(51,52)53/h2-50H2,1H3. The average Bonchev–Trinajstić information content (AvgIpc) is 3.15. The Balaban J connectivity index is 3.06. The van der Waals surface area contributed by atoms with Crippen LogP contribution >= 0.6 is 33.2 Å². The second-order valence-corrected chi connectivity index (χ2v) is 27.3. The van der Waals surface area contributed by atoms with Gasteiger partial charge in [-0.15, -0.1) is 33.2 Å². The molecule has 0 rings (SSSR count). The Kier molecular flexibility index (Phi) is 49.4. The summed E-state index contributed by atoms with van der Waals surface area (Å²) >= 11 is 17.8. The molecule has 0 fully saturated rings. The third kappa shape index (κ3) is 53.1. The molecular weight excluding hydrogens is 735 g/mol. The van der Waals surface area contributed by atoms with E-state index >= 15 is 0 Å². The Morgan fingerprint density at radius 2 is 0.296 bits per heavy atom. The summed E-state index contributed by atoms with van der Waals surface area (Å²) < 4.78 is 0. The van der Waals surface area contributed by atoms with Crippen LogP contribution in [-0.4, -0.2) is 6.00 Å². The fourth-order valence-corrected chi connectivity index (χ4v) is 10.4. The Bertz CT molecular complexity index is 650. The van der Waals surface area contributed by atoms with Crippen LogP contribution < -0.4 is 0 Å². The maximum absolute atomic E-state index is 5.95. The van der Waals surface area contributed by atoms with Crippen molar-refractivity contribution in [3.63, 3.8) is 0 Å². The number of unbranched alkanes of at least 4 members (excludes halogenated alkanes) is 47. The van der Waals surface area contributed by atoms with E-state index < -0.39 is 6.00 Å². The zero-order valence-corrected chi connectivity index (χ0v) is 40.5. The largest absolute Gasteiger partial charge is 0.341 e. The Labute approximate surface area is 358 Å². The molecule has 0 radical (unpaired) electrons. The quantitative estimate of drug-likeness (QED) is 0.0325. The molecule has 0 aliphatic rings. The van der Waals surface area contributed by atoms with E-state index in [9.17, 15) is 0 Å². The zero-order chi connectivity index (χ0) is 39.1. The molecule has 0 spiro atoms. The monoisotopic (exact) mass is 835 g/mol. The summed E-state index contributed by atoms with van der Waals surface area (Å²) in [5, 5.41) is 0. The number of halogens is 3. The van der Waals surface area contributed by atoms with Crippen LogP contribution in [0.15, 0.2) is 0 Å². The van der Waals surface area contributed by atoms with Crippen molar-refractivity contribution in [2.45, 2.75) is 321 Å². The topological polar surface area (TPSA) is 0 Å². The molecule has 0 nitrogen and oxygen atoms in total. The van der Waals surface area contributed by atoms with Gasteiger partial charge < -0.3 is 0 Å². The smallest absolute Gasteiger partial charge is 0.126 e. The van der Waals surface area contributed by atoms with Crippen molar-refractivity contribution in [2.75, 3.05) is 0 Å². The van der Waals surface area contributed by atoms with Crippen molar-refractivity contribution in [2.24, 2.45) is 0 Å². The highest BCUT2D eigenvalue weighted by molar-refractivity contribution is 7.64. The molecule has 0 atom stereocenters. The van der Waals surface area contributed by atoms with Crippen LogP contribution in [0.4, 0.5) is 0 Å². The highest BCUT2D eigenvalue weighted by Crippen LogP contribution is 2.28. The summed E-state index contributed by atoms with van der Waals surface area (Å²) in [6.45, 7) is 2.31. The van der Waals surface area contributed by atoms with E-state index in [1.54, 1.807) is 0 Å². The van der Waals surface area contributed by atoms with Gasteiger partial charge in [0.05, 0.1) is 0 Å². The van der Waals surface area contributed by atoms with E-state index in [-0.39, 0.29) is 0 Å². The van der Waals surface area contributed by atoms with E-state index in [1.807, 2.05) is 0 Å². The first-order valence-corrected chi connectivity index (χ1v) is 30.9. The van der Waals surface area contributed by atoms with Gasteiger partial charge in [-0.1, -0.05) is 315 Å². The molecule has 0 saturated carbocycles. The summed E-state index contributed by atoms with van der Waals surface area (Å²) in [6, 6.07) is -1.54. The molecule has 0 N–H and O–H groups in total. The minimum Gasteiger partial charge on any atom is -0.126 e. The van der Waals surface area contributed by atoms with Gasteiger partial charge in [0, 0.05) is 0 Å². The van der Waals surface area contributed by atoms with Gasteiger partial charge in [0.2, 0.25) is 0 Å². The molecule has 0 unspecified atom stereocenters. The second-order valence-electron chi connectivity index (χ2n) is 18.0. The van der Waals surface area contributed by atoms with E-state index in [2.05, 4.69) is 6.92 Å². The fraction of sp³-hybridized carbons (Fsp3) is 1.00. The number of rotatable bonds is 49. The van der Waals surface area contributed by atoms with Crippen LogP contribution in [0.1, 0.15) is 315 Å². The van der Waals surface area contributed by atoms with E-state index in [0.29, 0.717) is 0 Å². The molecule has 0 amide bonds. The number of hydrogen-bond acceptors (Lipinski definition) is 0. The fourth-order valence-electron chi connectivity index (χ4n) is 8.53. The van der Waals surface area contributed by atoms with Crippen molar-refractivity contribution in [1.82, 2.24) is 0 Å². The molecule has 0 heterocycles. The maximum atomic E-state index is 5.95. The third-order valence-electron chi connectivity index (χ3n) is 12.3. The maximum Gasteiger partial charge on any atom is 0.341 e. The molecule has 0 aliphatic carbocycles. The lowest BCUT2D eigenvalue weighted by Gasteiger charge is -2.07. The normalized spacial score (nSPS) is 12.0. The predicted octanol–water partition coefficient (Wildman–Crippen LogP) is 21.4. The molecule has 0 aromatic rings. The van der Waals surface area contributed by atoms with Crippen LogP contribution in [0.3, 0.4) is 0 Å². The van der Waals surface area contributed by atoms with Gasteiger partial charge in [-0.2, -0.15) is 0 Å². The van der Waals surface area contributed by atoms with Crippen molar-refractivity contribution in [3.8, 4) is 0 Å². The molecule has 326 valence electrons. The van der Waals surface area contributed by atoms with Gasteiger partial charge in [0.1, 0.15) is 0 Å². The van der Waals surface area contributed by atoms with E-state index in [0.717, 1.165) is 12.5 Å². The zero-order valence-electron chi connectivity index (χ0n) is 37.3. The van der Waals surface area contributed by atoms with Gasteiger partial charge in [-0.05, 0) is 6.04 Å². The Morgan fingerprint density at radius 1 is 0.185 bits per heavy atom. The van der Waals surface area contributed by atoms with E-state index in [4.69, 9.17) is 33.2 Å². The lowest BCUT2D eigenvalue weighted by Crippen LogP contribution is -2.07. The highest BCUT2D eigenvalue weighted by atomic mass is 35.8. The van der Waals surface area contributed by atoms with Crippen LogP contribution in [0.25, 0.3) is 0 Å². The summed E-state index contributed by atoms with van der Waals surface area (Å²) in [5.74, 6) is 0. The number of hydrogen-bond donors (Lipinski definition) is 0. The first-order valence-electron chi connectivity index (χ1n) is 25.6. The molecule has 0 saturated heterocycles. The van der Waals surface area contributed by atoms with Crippen LogP contribution in [0.5, 0.6) is 0 Å². The van der Waals surface area contributed by atoms with Crippen molar-refractivity contribution >= 4 is 39.2 Å². The molecule has 0 aromatic heterocycles. The summed E-state index contributed by atoms with van der Waals surface area (Å²) in [5.41, 5.74) is 0. The Hall–Kier alpha value is 1.09. The van der Waals surface area contributed by atoms with E-state index in [1.165, 1.54) is 302 Å². The van der Waals surface area contributed by atoms with Gasteiger partial charge >= 0.3 is 6.00 Å². The predicted molar refractivity (Wildman–Crippen MR) is 255 cm³/mol. The minimum atomic E-state index is -2.37. The SMILES string of the molecule is CCCCCCCCCCCCCCCCCCCCCCCCCCCCCCCCCCCCCCCCCCCCCCCCCC[Si](Cl)(Cl)Cl. The second kappa shape index (κ2) is 48.5. The Morgan fingerprint density at radius 3 is 0.407 bits per heavy atom. The molecular formula is C50H101Cl3Si. The summed E-state index contributed by atoms with van der Waals surface area (Å²) in [4.78, 5) is 0. The lowest BCUT2D eigenvalue weighted by molar-refractivity contribution is 0.508. The molecule has 0 bridgehead atoms. The minimum absolute atomic E-state index is 0.831. The molecule has 4 heteroatoms. The van der Waals surface area contributed by atoms with Crippen molar-refractivity contribution < 1.29 is 0 Å². The van der Waals surface area contributed by atoms with Crippen LogP contribution in [0, 0.1) is 0 Å². The van der Waals surface area contributed by atoms with Gasteiger partial charge in [-0.3, -0.25) is 0 Å². The summed E-state index contributed by atoms with van der Waals surface area (Å²) in [7, 11) is 0. The van der Waals surface area contributed by atoms with Crippen LogP contribution in [-0.2, 0) is 0 Å². The first-order chi connectivity index (χ1) is 26.6. The lowest BCUT2D eigenvalue weighted by atomic mass is 10.0. The van der Waals surface area contributed by atoms with Crippen molar-refractivity contribution in [1.29, 1.82) is 0 Å². The van der Waals surface area contributed by atoms with Gasteiger partial charge in [-0.25, -0.2) is 0 Å². The summed E-state index contributed by atoms with van der Waals surface area (Å²) in [6.07, 6.45) is 69.9. The van der Waals surface area contributed by atoms with Crippen LogP contribution in [0.2, 0.25) is 6.04 Å². The molecule has 54 heavy (non-hydrogen) atoms. The highest BCUT2D eigenvalue weighted by Gasteiger charge is 2.23. The molecule has 0 aliphatic heterocycles.